The topological polar surface area (TPSA) is 122 Å². The Bertz CT molecular complexity index is 1110. The molecule has 2 aromatic carbocycles. The number of rotatable bonds is 6. The van der Waals surface area contributed by atoms with Gasteiger partial charge in [-0.25, -0.2) is 8.42 Å². The monoisotopic (exact) mass is 446 g/mol. The molecule has 0 aromatic heterocycles. The summed E-state index contributed by atoms with van der Waals surface area (Å²) in [5, 5.41) is 14.3. The number of nitrogens with one attached hydrogen (secondary N) is 2. The third kappa shape index (κ3) is 4.96. The van der Waals surface area contributed by atoms with Gasteiger partial charge in [0.15, 0.2) is 0 Å². The van der Waals surface area contributed by atoms with Crippen LogP contribution in [0.15, 0.2) is 41.3 Å². The maximum absolute atomic E-state index is 12.9. The zero-order valence-electron chi connectivity index (χ0n) is 17.7. The molecule has 0 unspecified atom stereocenters. The quantitative estimate of drug-likeness (QED) is 0.520. The summed E-state index contributed by atoms with van der Waals surface area (Å²) in [6, 6.07) is 9.24. The predicted molar refractivity (Wildman–Crippen MR) is 119 cm³/mol. The van der Waals surface area contributed by atoms with Gasteiger partial charge >= 0.3 is 0 Å². The minimum Gasteiger partial charge on any atom is -0.366 e. The number of piperidine rings is 1. The molecule has 166 valence electrons. The van der Waals surface area contributed by atoms with Crippen molar-refractivity contribution in [3.63, 3.8) is 0 Å². The van der Waals surface area contributed by atoms with E-state index in [-0.39, 0.29) is 22.4 Å². The van der Waals surface area contributed by atoms with Crippen LogP contribution in [0.4, 0.5) is 17.1 Å². The first-order chi connectivity index (χ1) is 14.6. The minimum atomic E-state index is -4.00. The molecular weight excluding hydrogens is 420 g/mol. The first-order valence-corrected chi connectivity index (χ1v) is 11.5. The molecule has 1 heterocycles. The number of anilines is 2. The standard InChI is InChI=1S/C21H26N4O5S/c1-14-4-6-18(15(2)12-14)23-31(29,30)17-5-7-19(20(13-17)25(27)28)24-10-8-16(9-11-24)21(26)22-3/h4-7,12-13,16,23H,8-11H2,1-3H3,(H,22,26). The molecule has 1 saturated heterocycles. The average molecular weight is 447 g/mol. The van der Waals surface area contributed by atoms with Gasteiger partial charge in [0.25, 0.3) is 15.7 Å². The van der Waals surface area contributed by atoms with Gasteiger partial charge in [0.1, 0.15) is 5.69 Å². The lowest BCUT2D eigenvalue weighted by Gasteiger charge is -2.32. The van der Waals surface area contributed by atoms with Gasteiger partial charge in [-0.15, -0.1) is 0 Å². The van der Waals surface area contributed by atoms with E-state index >= 15 is 0 Å². The third-order valence-electron chi connectivity index (χ3n) is 5.53. The zero-order chi connectivity index (χ0) is 22.8. The van der Waals surface area contributed by atoms with Crippen LogP contribution in [0.25, 0.3) is 0 Å². The van der Waals surface area contributed by atoms with E-state index in [0.29, 0.717) is 37.3 Å². The number of sulfonamides is 1. The van der Waals surface area contributed by atoms with Crippen LogP contribution in [0.1, 0.15) is 24.0 Å². The zero-order valence-corrected chi connectivity index (χ0v) is 18.5. The van der Waals surface area contributed by atoms with E-state index in [0.717, 1.165) is 17.2 Å². The number of amides is 1. The molecule has 0 atom stereocenters. The molecule has 9 nitrogen and oxygen atoms in total. The summed E-state index contributed by atoms with van der Waals surface area (Å²) in [5.41, 5.74) is 2.26. The summed E-state index contributed by atoms with van der Waals surface area (Å²) in [7, 11) is -2.41. The van der Waals surface area contributed by atoms with Gasteiger partial charge in [-0.2, -0.15) is 0 Å². The van der Waals surface area contributed by atoms with E-state index in [1.807, 2.05) is 17.9 Å². The maximum atomic E-state index is 12.9. The Labute approximate surface area is 181 Å². The second-order valence-corrected chi connectivity index (χ2v) is 9.39. The Morgan fingerprint density at radius 1 is 1.13 bits per heavy atom. The molecule has 0 radical (unpaired) electrons. The first-order valence-electron chi connectivity index (χ1n) is 9.97. The molecule has 0 saturated carbocycles. The number of nitro benzene ring substituents is 1. The van der Waals surface area contributed by atoms with E-state index in [1.165, 1.54) is 12.1 Å². The van der Waals surface area contributed by atoms with Crippen molar-refractivity contribution in [3.05, 3.63) is 57.6 Å². The molecule has 0 aliphatic carbocycles. The molecule has 2 N–H and O–H groups in total. The van der Waals surface area contributed by atoms with E-state index in [4.69, 9.17) is 0 Å². The van der Waals surface area contributed by atoms with E-state index in [2.05, 4.69) is 10.0 Å². The largest absolute Gasteiger partial charge is 0.366 e. The van der Waals surface area contributed by atoms with Crippen molar-refractivity contribution in [2.45, 2.75) is 31.6 Å². The molecule has 1 fully saturated rings. The summed E-state index contributed by atoms with van der Waals surface area (Å²) in [6.07, 6.45) is 1.15. The van der Waals surface area contributed by atoms with Crippen molar-refractivity contribution < 1.29 is 18.1 Å². The van der Waals surface area contributed by atoms with Crippen LogP contribution in [0.3, 0.4) is 0 Å². The highest BCUT2D eigenvalue weighted by Gasteiger charge is 2.29. The summed E-state index contributed by atoms with van der Waals surface area (Å²) >= 11 is 0. The Morgan fingerprint density at radius 2 is 1.81 bits per heavy atom. The third-order valence-corrected chi connectivity index (χ3v) is 6.90. The fourth-order valence-corrected chi connectivity index (χ4v) is 4.95. The number of hydrogen-bond acceptors (Lipinski definition) is 6. The van der Waals surface area contributed by atoms with Crippen LogP contribution in [0.2, 0.25) is 0 Å². The molecule has 2 aromatic rings. The first kappa shape index (κ1) is 22.5. The molecule has 1 aliphatic heterocycles. The average Bonchev–Trinajstić information content (AvgIpc) is 2.74. The summed E-state index contributed by atoms with van der Waals surface area (Å²) in [6.45, 7) is 4.65. The highest BCUT2D eigenvalue weighted by atomic mass is 32.2. The van der Waals surface area contributed by atoms with Gasteiger partial charge in [-0.1, -0.05) is 17.7 Å². The summed E-state index contributed by atoms with van der Waals surface area (Å²) in [4.78, 5) is 24.6. The van der Waals surface area contributed by atoms with E-state index in [9.17, 15) is 23.3 Å². The number of aryl methyl sites for hydroxylation is 2. The number of carbonyl (C=O) groups excluding carboxylic acids is 1. The number of benzene rings is 2. The summed E-state index contributed by atoms with van der Waals surface area (Å²) < 4.78 is 28.2. The predicted octanol–water partition coefficient (Wildman–Crippen LogP) is 2.97. The van der Waals surface area contributed by atoms with Crippen molar-refractivity contribution in [3.8, 4) is 0 Å². The summed E-state index contributed by atoms with van der Waals surface area (Å²) in [5.74, 6) is -0.157. The van der Waals surface area contributed by atoms with Gasteiger partial charge in [-0.3, -0.25) is 19.6 Å². The lowest BCUT2D eigenvalue weighted by Crippen LogP contribution is -2.39. The maximum Gasteiger partial charge on any atom is 0.293 e. The van der Waals surface area contributed by atoms with Crippen LogP contribution in [-0.2, 0) is 14.8 Å². The Balaban J connectivity index is 1.86. The SMILES string of the molecule is CNC(=O)C1CCN(c2ccc(S(=O)(=O)Nc3ccc(C)cc3C)cc2[N+](=O)[O-])CC1. The lowest BCUT2D eigenvalue weighted by molar-refractivity contribution is -0.384. The fourth-order valence-electron chi connectivity index (χ4n) is 3.80. The van der Waals surface area contributed by atoms with Crippen molar-refractivity contribution in [1.29, 1.82) is 0 Å². The Hall–Kier alpha value is -3.14. The number of hydrogen-bond donors (Lipinski definition) is 2. The molecule has 3 rings (SSSR count). The highest BCUT2D eigenvalue weighted by Crippen LogP contribution is 2.34. The molecule has 31 heavy (non-hydrogen) atoms. The van der Waals surface area contributed by atoms with Crippen LogP contribution < -0.4 is 14.9 Å². The molecule has 1 aliphatic rings. The van der Waals surface area contributed by atoms with Crippen LogP contribution in [0, 0.1) is 29.9 Å². The van der Waals surface area contributed by atoms with Gasteiger partial charge < -0.3 is 10.2 Å². The van der Waals surface area contributed by atoms with Gasteiger partial charge in [0.2, 0.25) is 5.91 Å². The second kappa shape index (κ2) is 8.93. The minimum absolute atomic E-state index is 0.0342. The van der Waals surface area contributed by atoms with Crippen LogP contribution >= 0.6 is 0 Å². The molecule has 0 bridgehead atoms. The molecular formula is C21H26N4O5S. The Morgan fingerprint density at radius 3 is 2.39 bits per heavy atom. The van der Waals surface area contributed by atoms with Crippen LogP contribution in [0.5, 0.6) is 0 Å². The molecule has 10 heteroatoms. The lowest BCUT2D eigenvalue weighted by atomic mass is 9.95. The van der Waals surface area contributed by atoms with E-state index in [1.54, 1.807) is 26.1 Å². The normalized spacial score (nSPS) is 14.9. The number of nitrogens with zero attached hydrogens (tertiary/aromatic N) is 2. The van der Waals surface area contributed by atoms with E-state index < -0.39 is 14.9 Å². The smallest absolute Gasteiger partial charge is 0.293 e. The number of nitro groups is 1. The van der Waals surface area contributed by atoms with Gasteiger partial charge in [0, 0.05) is 32.1 Å². The fraction of sp³-hybridized carbons (Fsp3) is 0.381. The van der Waals surface area contributed by atoms with Crippen molar-refractivity contribution in [2.24, 2.45) is 5.92 Å². The Kier molecular flexibility index (Phi) is 6.49. The second-order valence-electron chi connectivity index (χ2n) is 7.71. The van der Waals surface area contributed by atoms with Crippen LogP contribution in [-0.4, -0.2) is 39.4 Å². The number of carbonyl (C=O) groups is 1. The highest BCUT2D eigenvalue weighted by molar-refractivity contribution is 7.92. The molecule has 1 amide bonds. The van der Waals surface area contributed by atoms with Crippen molar-refractivity contribution in [1.82, 2.24) is 5.32 Å². The molecule has 0 spiro atoms. The van der Waals surface area contributed by atoms with Gasteiger partial charge in [0.05, 0.1) is 15.5 Å². The van der Waals surface area contributed by atoms with Crippen molar-refractivity contribution in [2.75, 3.05) is 29.8 Å². The van der Waals surface area contributed by atoms with Gasteiger partial charge in [-0.05, 0) is 50.5 Å². The van der Waals surface area contributed by atoms with Crippen molar-refractivity contribution >= 4 is 33.0 Å².